The summed E-state index contributed by atoms with van der Waals surface area (Å²) in [4.78, 5) is 0.375. The van der Waals surface area contributed by atoms with Gasteiger partial charge in [0.25, 0.3) is 0 Å². The predicted octanol–water partition coefficient (Wildman–Crippen LogP) is 2.57. The summed E-state index contributed by atoms with van der Waals surface area (Å²) < 4.78 is 27.5. The molecule has 1 rings (SSSR count). The summed E-state index contributed by atoms with van der Waals surface area (Å²) in [7, 11) is -3.46. The van der Waals surface area contributed by atoms with Crippen LogP contribution in [0.2, 0.25) is 0 Å². The van der Waals surface area contributed by atoms with Crippen LogP contribution in [0.5, 0.6) is 0 Å². The van der Waals surface area contributed by atoms with Gasteiger partial charge in [-0.05, 0) is 29.5 Å². The van der Waals surface area contributed by atoms with Gasteiger partial charge >= 0.3 is 0 Å². The quantitative estimate of drug-likeness (QED) is 0.794. The van der Waals surface area contributed by atoms with Crippen molar-refractivity contribution in [1.82, 2.24) is 10.0 Å². The van der Waals surface area contributed by atoms with E-state index in [2.05, 4.69) is 30.8 Å². The van der Waals surface area contributed by atoms with E-state index < -0.39 is 10.0 Å². The largest absolute Gasteiger partial charge is 0.313 e. The summed E-state index contributed by atoms with van der Waals surface area (Å²) >= 11 is 0. The van der Waals surface area contributed by atoms with Crippen LogP contribution in [0.3, 0.4) is 0 Å². The summed E-state index contributed by atoms with van der Waals surface area (Å²) in [6.45, 7) is 13.1. The third-order valence-corrected chi connectivity index (χ3v) is 4.92. The lowest BCUT2D eigenvalue weighted by atomic mass is 9.87. The molecule has 0 aliphatic heterocycles. The Hall–Kier alpha value is -0.910. The average Bonchev–Trinajstić information content (AvgIpc) is 2.33. The lowest BCUT2D eigenvalue weighted by molar-refractivity contribution is 0.557. The van der Waals surface area contributed by atoms with Crippen molar-refractivity contribution in [2.75, 3.05) is 13.1 Å². The first kappa shape index (κ1) is 18.1. The van der Waals surface area contributed by atoms with Gasteiger partial charge in [0.15, 0.2) is 0 Å². The highest BCUT2D eigenvalue weighted by molar-refractivity contribution is 7.89. The third-order valence-electron chi connectivity index (χ3n) is 3.31. The molecule has 21 heavy (non-hydrogen) atoms. The molecule has 0 radical (unpaired) electrons. The molecule has 0 amide bonds. The number of nitrogens with one attached hydrogen (secondary N) is 2. The van der Waals surface area contributed by atoms with Gasteiger partial charge in [0.1, 0.15) is 0 Å². The smallest absolute Gasteiger partial charge is 0.240 e. The predicted molar refractivity (Wildman–Crippen MR) is 88.2 cm³/mol. The lowest BCUT2D eigenvalue weighted by Gasteiger charge is -2.21. The third kappa shape index (κ3) is 5.41. The molecule has 120 valence electrons. The normalized spacial score (nSPS) is 12.9. The molecule has 0 saturated heterocycles. The molecule has 0 unspecified atom stereocenters. The Morgan fingerprint density at radius 2 is 1.76 bits per heavy atom. The summed E-state index contributed by atoms with van der Waals surface area (Å²) in [5.74, 6) is 0. The molecule has 0 aliphatic carbocycles. The van der Waals surface area contributed by atoms with Gasteiger partial charge in [-0.3, -0.25) is 0 Å². The van der Waals surface area contributed by atoms with Gasteiger partial charge in [-0.15, -0.1) is 0 Å². The standard InChI is InChI=1S/C16H28N2O2S/c1-12(2)17-9-10-18-21(19,20)15-11-14(16(4,5)6)8-7-13(15)3/h7-8,11-12,17-18H,9-10H2,1-6H3. The van der Waals surface area contributed by atoms with E-state index in [9.17, 15) is 8.42 Å². The van der Waals surface area contributed by atoms with Gasteiger partial charge in [-0.1, -0.05) is 46.8 Å². The zero-order valence-corrected chi connectivity index (χ0v) is 14.8. The molecule has 0 saturated carbocycles. The van der Waals surface area contributed by atoms with E-state index in [1.165, 1.54) is 0 Å². The fourth-order valence-corrected chi connectivity index (χ4v) is 3.28. The van der Waals surface area contributed by atoms with Crippen LogP contribution < -0.4 is 10.0 Å². The molecule has 4 nitrogen and oxygen atoms in total. The second-order valence-electron chi connectivity index (χ2n) is 6.74. The maximum absolute atomic E-state index is 12.4. The number of benzene rings is 1. The Labute approximate surface area is 129 Å². The molecule has 5 heteroatoms. The highest BCUT2D eigenvalue weighted by atomic mass is 32.2. The summed E-state index contributed by atoms with van der Waals surface area (Å²) in [5, 5.41) is 3.19. The van der Waals surface area contributed by atoms with Crippen LogP contribution in [0.15, 0.2) is 23.1 Å². The van der Waals surface area contributed by atoms with Crippen LogP contribution in [0, 0.1) is 6.92 Å². The minimum atomic E-state index is -3.46. The molecule has 0 atom stereocenters. The van der Waals surface area contributed by atoms with Crippen LogP contribution in [0.25, 0.3) is 0 Å². The van der Waals surface area contributed by atoms with Crippen LogP contribution in [-0.2, 0) is 15.4 Å². The molecule has 0 bridgehead atoms. The molecule has 2 N–H and O–H groups in total. The first-order valence-corrected chi connectivity index (χ1v) is 8.86. The first-order valence-electron chi connectivity index (χ1n) is 7.38. The minimum absolute atomic E-state index is 0.0723. The molecule has 0 spiro atoms. The fourth-order valence-electron chi connectivity index (χ4n) is 1.98. The van der Waals surface area contributed by atoms with Gasteiger partial charge < -0.3 is 5.32 Å². The Morgan fingerprint density at radius 1 is 1.14 bits per heavy atom. The highest BCUT2D eigenvalue weighted by Crippen LogP contribution is 2.26. The van der Waals surface area contributed by atoms with E-state index in [0.29, 0.717) is 24.0 Å². The molecule has 1 aromatic rings. The number of hydrogen-bond acceptors (Lipinski definition) is 3. The summed E-state index contributed by atoms with van der Waals surface area (Å²) in [5.41, 5.74) is 1.72. The van der Waals surface area contributed by atoms with Gasteiger partial charge in [0.2, 0.25) is 10.0 Å². The summed E-state index contributed by atoms with van der Waals surface area (Å²) in [6.07, 6.45) is 0. The first-order chi connectivity index (χ1) is 9.54. The topological polar surface area (TPSA) is 58.2 Å². The van der Waals surface area contributed by atoms with Crippen molar-refractivity contribution in [3.05, 3.63) is 29.3 Å². The highest BCUT2D eigenvalue weighted by Gasteiger charge is 2.20. The number of hydrogen-bond donors (Lipinski definition) is 2. The van der Waals surface area contributed by atoms with E-state index in [4.69, 9.17) is 0 Å². The Kier molecular flexibility index (Phi) is 5.96. The van der Waals surface area contributed by atoms with Crippen molar-refractivity contribution in [2.24, 2.45) is 0 Å². The second kappa shape index (κ2) is 6.90. The zero-order chi connectivity index (χ0) is 16.3. The Morgan fingerprint density at radius 3 is 2.29 bits per heavy atom. The Balaban J connectivity index is 2.92. The van der Waals surface area contributed by atoms with Crippen LogP contribution in [0.1, 0.15) is 45.7 Å². The minimum Gasteiger partial charge on any atom is -0.313 e. The van der Waals surface area contributed by atoms with Gasteiger partial charge in [0, 0.05) is 19.1 Å². The van der Waals surface area contributed by atoms with Crippen LogP contribution in [-0.4, -0.2) is 27.5 Å². The van der Waals surface area contributed by atoms with Crippen molar-refractivity contribution in [1.29, 1.82) is 0 Å². The Bertz CT molecular complexity index is 572. The van der Waals surface area contributed by atoms with Gasteiger partial charge in [0.05, 0.1) is 4.90 Å². The molecule has 0 aromatic heterocycles. The molecular formula is C16H28N2O2S. The molecule has 0 fully saturated rings. The van der Waals surface area contributed by atoms with E-state index >= 15 is 0 Å². The number of rotatable bonds is 6. The van der Waals surface area contributed by atoms with Crippen LogP contribution >= 0.6 is 0 Å². The van der Waals surface area contributed by atoms with Gasteiger partial charge in [-0.25, -0.2) is 13.1 Å². The lowest BCUT2D eigenvalue weighted by Crippen LogP contribution is -2.35. The van der Waals surface area contributed by atoms with Crippen molar-refractivity contribution >= 4 is 10.0 Å². The zero-order valence-electron chi connectivity index (χ0n) is 13.9. The van der Waals surface area contributed by atoms with Crippen LogP contribution in [0.4, 0.5) is 0 Å². The fraction of sp³-hybridized carbons (Fsp3) is 0.625. The van der Waals surface area contributed by atoms with E-state index in [-0.39, 0.29) is 5.41 Å². The van der Waals surface area contributed by atoms with Gasteiger partial charge in [-0.2, -0.15) is 0 Å². The van der Waals surface area contributed by atoms with E-state index in [1.54, 1.807) is 6.07 Å². The van der Waals surface area contributed by atoms with E-state index in [1.807, 2.05) is 32.9 Å². The monoisotopic (exact) mass is 312 g/mol. The average molecular weight is 312 g/mol. The summed E-state index contributed by atoms with van der Waals surface area (Å²) in [6, 6.07) is 6.00. The van der Waals surface area contributed by atoms with E-state index in [0.717, 1.165) is 11.1 Å². The molecule has 0 heterocycles. The van der Waals surface area contributed by atoms with Crippen molar-refractivity contribution in [2.45, 2.75) is 57.9 Å². The van der Waals surface area contributed by atoms with Crippen molar-refractivity contribution in [3.8, 4) is 0 Å². The molecular weight excluding hydrogens is 284 g/mol. The maximum Gasteiger partial charge on any atom is 0.240 e. The van der Waals surface area contributed by atoms with Crippen molar-refractivity contribution in [3.63, 3.8) is 0 Å². The SMILES string of the molecule is Cc1ccc(C(C)(C)C)cc1S(=O)(=O)NCCNC(C)C. The number of aryl methyl sites for hydroxylation is 1. The molecule has 0 aliphatic rings. The second-order valence-corrected chi connectivity index (χ2v) is 8.47. The number of sulfonamides is 1. The maximum atomic E-state index is 12.4. The molecule has 1 aromatic carbocycles. The van der Waals surface area contributed by atoms with Crippen molar-refractivity contribution < 1.29 is 8.42 Å².